The van der Waals surface area contributed by atoms with Crippen molar-refractivity contribution in [3.8, 4) is 9.88 Å². The van der Waals surface area contributed by atoms with Crippen molar-refractivity contribution in [1.29, 1.82) is 0 Å². The zero-order chi connectivity index (χ0) is 19.1. The molecule has 1 aromatic carbocycles. The normalized spacial score (nSPS) is 15.4. The highest BCUT2D eigenvalue weighted by molar-refractivity contribution is 9.10. The van der Waals surface area contributed by atoms with E-state index in [-0.39, 0.29) is 5.91 Å². The van der Waals surface area contributed by atoms with E-state index in [2.05, 4.69) is 56.4 Å². The molecule has 1 aliphatic heterocycles. The fourth-order valence-electron chi connectivity index (χ4n) is 3.90. The van der Waals surface area contributed by atoms with E-state index in [1.54, 1.807) is 11.3 Å². The lowest BCUT2D eigenvalue weighted by molar-refractivity contribution is 0.0708. The first-order valence-corrected chi connectivity index (χ1v) is 11.8. The van der Waals surface area contributed by atoms with E-state index in [4.69, 9.17) is 0 Å². The molecule has 0 aliphatic carbocycles. The van der Waals surface area contributed by atoms with Crippen molar-refractivity contribution in [1.82, 2.24) is 14.9 Å². The predicted octanol–water partition coefficient (Wildman–Crippen LogP) is 6.14. The SMILES string of the molecule is O=C(c1csc(-c2cc(Br)cs2)n1)N1CCC(c2c[nH]c3ccccc23)CC1. The first kappa shape index (κ1) is 18.1. The Morgan fingerprint density at radius 3 is 2.79 bits per heavy atom. The Bertz CT molecular complexity index is 1140. The van der Waals surface area contributed by atoms with Crippen LogP contribution in [-0.2, 0) is 0 Å². The van der Waals surface area contributed by atoms with Gasteiger partial charge in [0.25, 0.3) is 5.91 Å². The molecule has 4 aromatic rings. The molecule has 4 heterocycles. The number of thiazole rings is 1. The quantitative estimate of drug-likeness (QED) is 0.390. The second kappa shape index (κ2) is 7.46. The van der Waals surface area contributed by atoms with Crippen LogP contribution < -0.4 is 0 Å². The average Bonchev–Trinajstić information content (AvgIpc) is 3.46. The summed E-state index contributed by atoms with van der Waals surface area (Å²) in [4.78, 5) is 23.9. The summed E-state index contributed by atoms with van der Waals surface area (Å²) in [5.41, 5.74) is 3.13. The molecule has 1 fully saturated rings. The monoisotopic (exact) mass is 471 g/mol. The van der Waals surface area contributed by atoms with E-state index >= 15 is 0 Å². The summed E-state index contributed by atoms with van der Waals surface area (Å²) in [5, 5.41) is 6.14. The number of hydrogen-bond donors (Lipinski definition) is 1. The topological polar surface area (TPSA) is 49.0 Å². The molecule has 142 valence electrons. The Morgan fingerprint density at radius 1 is 1.18 bits per heavy atom. The van der Waals surface area contributed by atoms with Crippen molar-refractivity contribution in [2.45, 2.75) is 18.8 Å². The maximum atomic E-state index is 12.9. The van der Waals surface area contributed by atoms with Crippen molar-refractivity contribution in [2.24, 2.45) is 0 Å². The van der Waals surface area contributed by atoms with Gasteiger partial charge in [0, 0.05) is 45.4 Å². The number of piperidine rings is 1. The summed E-state index contributed by atoms with van der Waals surface area (Å²) in [5.74, 6) is 0.546. The largest absolute Gasteiger partial charge is 0.361 e. The molecule has 3 aromatic heterocycles. The number of carbonyl (C=O) groups excluding carboxylic acids is 1. The van der Waals surface area contributed by atoms with Crippen LogP contribution in [-0.4, -0.2) is 33.9 Å². The van der Waals surface area contributed by atoms with Crippen molar-refractivity contribution < 1.29 is 4.79 Å². The van der Waals surface area contributed by atoms with Crippen LogP contribution in [0.5, 0.6) is 0 Å². The van der Waals surface area contributed by atoms with Gasteiger partial charge in [0.15, 0.2) is 0 Å². The average molecular weight is 472 g/mol. The van der Waals surface area contributed by atoms with E-state index in [1.165, 1.54) is 27.8 Å². The maximum absolute atomic E-state index is 12.9. The molecular formula is C21H18BrN3OS2. The van der Waals surface area contributed by atoms with E-state index in [0.29, 0.717) is 11.6 Å². The number of aromatic amines is 1. The van der Waals surface area contributed by atoms with E-state index < -0.39 is 0 Å². The molecule has 0 saturated carbocycles. The van der Waals surface area contributed by atoms with Crippen molar-refractivity contribution in [3.05, 3.63) is 63.0 Å². The molecule has 1 aliphatic rings. The number of thiophene rings is 1. The lowest BCUT2D eigenvalue weighted by Crippen LogP contribution is -2.38. The van der Waals surface area contributed by atoms with Crippen LogP contribution in [0.1, 0.15) is 34.8 Å². The molecule has 1 N–H and O–H groups in total. The number of nitrogens with zero attached hydrogens (tertiary/aromatic N) is 2. The number of benzene rings is 1. The van der Waals surface area contributed by atoms with Crippen LogP contribution in [0.3, 0.4) is 0 Å². The molecule has 0 spiro atoms. The van der Waals surface area contributed by atoms with Crippen LogP contribution in [0.15, 0.2) is 51.8 Å². The second-order valence-corrected chi connectivity index (χ2v) is 9.71. The number of halogens is 1. The summed E-state index contributed by atoms with van der Waals surface area (Å²) in [6.07, 6.45) is 4.11. The van der Waals surface area contributed by atoms with Gasteiger partial charge >= 0.3 is 0 Å². The van der Waals surface area contributed by atoms with Gasteiger partial charge in [-0.05, 0) is 52.4 Å². The van der Waals surface area contributed by atoms with Crippen LogP contribution in [0.25, 0.3) is 20.8 Å². The van der Waals surface area contributed by atoms with Crippen LogP contribution >= 0.6 is 38.6 Å². The molecule has 0 radical (unpaired) electrons. The van der Waals surface area contributed by atoms with Crippen molar-refractivity contribution in [2.75, 3.05) is 13.1 Å². The van der Waals surface area contributed by atoms with Crippen LogP contribution in [0, 0.1) is 0 Å². The zero-order valence-corrected chi connectivity index (χ0v) is 18.2. The predicted molar refractivity (Wildman–Crippen MR) is 119 cm³/mol. The zero-order valence-electron chi connectivity index (χ0n) is 15.0. The number of hydrogen-bond acceptors (Lipinski definition) is 4. The summed E-state index contributed by atoms with van der Waals surface area (Å²) in [7, 11) is 0. The highest BCUT2D eigenvalue weighted by Crippen LogP contribution is 2.35. The minimum atomic E-state index is 0.0514. The minimum Gasteiger partial charge on any atom is -0.361 e. The maximum Gasteiger partial charge on any atom is 0.273 e. The number of fused-ring (bicyclic) bond motifs is 1. The Labute approximate surface area is 179 Å². The molecule has 28 heavy (non-hydrogen) atoms. The Balaban J connectivity index is 1.28. The van der Waals surface area contributed by atoms with Crippen molar-refractivity contribution >= 4 is 55.4 Å². The number of aromatic nitrogens is 2. The Morgan fingerprint density at radius 2 is 2.00 bits per heavy atom. The molecule has 0 unspecified atom stereocenters. The molecule has 0 atom stereocenters. The van der Waals surface area contributed by atoms with Gasteiger partial charge in [-0.25, -0.2) is 4.98 Å². The van der Waals surface area contributed by atoms with E-state index in [0.717, 1.165) is 40.3 Å². The highest BCUT2D eigenvalue weighted by atomic mass is 79.9. The summed E-state index contributed by atoms with van der Waals surface area (Å²) in [6, 6.07) is 10.5. The van der Waals surface area contributed by atoms with E-state index in [1.807, 2.05) is 21.7 Å². The number of para-hydroxylation sites is 1. The fourth-order valence-corrected chi connectivity index (χ4v) is 6.20. The van der Waals surface area contributed by atoms with Gasteiger partial charge in [-0.15, -0.1) is 22.7 Å². The van der Waals surface area contributed by atoms with Gasteiger partial charge in [0.1, 0.15) is 10.7 Å². The number of carbonyl (C=O) groups is 1. The lowest BCUT2D eigenvalue weighted by Gasteiger charge is -2.31. The third-order valence-corrected chi connectivity index (χ3v) is 8.05. The Kier molecular flexibility index (Phi) is 4.82. The minimum absolute atomic E-state index is 0.0514. The smallest absolute Gasteiger partial charge is 0.273 e. The highest BCUT2D eigenvalue weighted by Gasteiger charge is 2.27. The third kappa shape index (κ3) is 3.32. The molecule has 4 nitrogen and oxygen atoms in total. The summed E-state index contributed by atoms with van der Waals surface area (Å²) < 4.78 is 1.05. The van der Waals surface area contributed by atoms with Gasteiger partial charge in [-0.2, -0.15) is 0 Å². The molecule has 1 amide bonds. The summed E-state index contributed by atoms with van der Waals surface area (Å²) in [6.45, 7) is 1.56. The van der Waals surface area contributed by atoms with Crippen LogP contribution in [0.2, 0.25) is 0 Å². The molecule has 5 rings (SSSR count). The van der Waals surface area contributed by atoms with Crippen LogP contribution in [0.4, 0.5) is 0 Å². The van der Waals surface area contributed by atoms with Gasteiger partial charge in [-0.1, -0.05) is 18.2 Å². The molecule has 7 heteroatoms. The Hall–Kier alpha value is -1.96. The van der Waals surface area contributed by atoms with Gasteiger partial charge < -0.3 is 9.88 Å². The number of amides is 1. The molecular weight excluding hydrogens is 454 g/mol. The van der Waals surface area contributed by atoms with Gasteiger partial charge in [0.05, 0.1) is 4.88 Å². The second-order valence-electron chi connectivity index (χ2n) is 7.02. The first-order chi connectivity index (χ1) is 13.7. The van der Waals surface area contributed by atoms with Crippen molar-refractivity contribution in [3.63, 3.8) is 0 Å². The fraction of sp³-hybridized carbons (Fsp3) is 0.238. The lowest BCUT2D eigenvalue weighted by atomic mass is 9.89. The standard InChI is InChI=1S/C21H18BrN3OS2/c22-14-9-19(27-11-14)20-24-18(12-28-20)21(26)25-7-5-13(6-8-25)16-10-23-17-4-2-1-3-15(16)17/h1-4,9-13,23H,5-8H2. The number of H-pyrrole nitrogens is 1. The van der Waals surface area contributed by atoms with Gasteiger partial charge in [0.2, 0.25) is 0 Å². The molecule has 0 bridgehead atoms. The van der Waals surface area contributed by atoms with Gasteiger partial charge in [-0.3, -0.25) is 4.79 Å². The number of likely N-dealkylation sites (tertiary alicyclic amines) is 1. The third-order valence-electron chi connectivity index (χ3n) is 5.34. The number of rotatable bonds is 3. The molecule has 1 saturated heterocycles. The first-order valence-electron chi connectivity index (χ1n) is 9.24. The van der Waals surface area contributed by atoms with E-state index in [9.17, 15) is 4.79 Å². The number of nitrogens with one attached hydrogen (secondary N) is 1. The summed E-state index contributed by atoms with van der Waals surface area (Å²) >= 11 is 6.65.